The summed E-state index contributed by atoms with van der Waals surface area (Å²) in [5.74, 6) is -5.01. The van der Waals surface area contributed by atoms with Gasteiger partial charge < -0.3 is 50.0 Å². The number of Topliss-reactive ketones (excluding diaryl/α,β-unsaturated/α-hetero) is 2. The van der Waals surface area contributed by atoms with E-state index in [4.69, 9.17) is 14.2 Å². The average Bonchev–Trinajstić information content (AvgIpc) is 2.86. The Bertz CT molecular complexity index is 1140. The standard InChI is InChI=1S/C27H38O13/c1-11(2)9-27(37)23(36)25(3,4)22(35)26(5,6)24(27)40-21-19(33)18(32)17(31)15(39-21)10-38-20(34)12-7-13(28)16(30)14(29)8-12/h7-8,11,15,17-19,21,24,28-33,37H,9-10H2,1-6H3/t15-,17-,18+,19-,21-,24+,27+/m1/s1. The number of phenols is 3. The maximum absolute atomic E-state index is 13.4. The first kappa shape index (κ1) is 31.7. The third-order valence-corrected chi connectivity index (χ3v) is 7.55. The quantitative estimate of drug-likeness (QED) is 0.132. The molecule has 1 aliphatic carbocycles. The maximum atomic E-state index is 13.4. The maximum Gasteiger partial charge on any atom is 0.338 e. The van der Waals surface area contributed by atoms with Crippen molar-refractivity contribution in [2.75, 3.05) is 6.61 Å². The van der Waals surface area contributed by atoms with Crippen LogP contribution < -0.4 is 0 Å². The van der Waals surface area contributed by atoms with Crippen molar-refractivity contribution in [3.63, 3.8) is 0 Å². The lowest BCUT2D eigenvalue weighted by Gasteiger charge is -2.54. The molecule has 13 nitrogen and oxygen atoms in total. The summed E-state index contributed by atoms with van der Waals surface area (Å²) in [6.45, 7) is 8.65. The lowest BCUT2D eigenvalue weighted by atomic mass is 9.54. The van der Waals surface area contributed by atoms with E-state index in [0.29, 0.717) is 0 Å². The van der Waals surface area contributed by atoms with Gasteiger partial charge in [-0.1, -0.05) is 27.7 Å². The van der Waals surface area contributed by atoms with Gasteiger partial charge >= 0.3 is 5.97 Å². The molecule has 1 aromatic rings. The van der Waals surface area contributed by atoms with E-state index >= 15 is 0 Å². The van der Waals surface area contributed by atoms with Crippen LogP contribution >= 0.6 is 0 Å². The number of aliphatic hydroxyl groups excluding tert-OH is 3. The summed E-state index contributed by atoms with van der Waals surface area (Å²) in [5.41, 5.74) is -5.53. The summed E-state index contributed by atoms with van der Waals surface area (Å²) in [4.78, 5) is 39.2. The number of phenolic OH excluding ortho intramolecular Hbond substituents is 3. The van der Waals surface area contributed by atoms with Gasteiger partial charge in [-0.3, -0.25) is 9.59 Å². The Morgan fingerprint density at radius 1 is 0.950 bits per heavy atom. The molecule has 0 radical (unpaired) electrons. The van der Waals surface area contributed by atoms with Gasteiger partial charge in [0, 0.05) is 0 Å². The second-order valence-corrected chi connectivity index (χ2v) is 12.0. The van der Waals surface area contributed by atoms with E-state index in [1.807, 2.05) is 0 Å². The summed E-state index contributed by atoms with van der Waals surface area (Å²) >= 11 is 0. The molecule has 1 saturated heterocycles. The minimum absolute atomic E-state index is 0.0853. The summed E-state index contributed by atoms with van der Waals surface area (Å²) < 4.78 is 16.6. The zero-order valence-corrected chi connectivity index (χ0v) is 23.2. The molecule has 2 fully saturated rings. The van der Waals surface area contributed by atoms with Crippen LogP contribution in [-0.4, -0.2) is 102 Å². The van der Waals surface area contributed by atoms with E-state index in [-0.39, 0.29) is 17.9 Å². The van der Waals surface area contributed by atoms with Gasteiger partial charge in [0.15, 0.2) is 40.7 Å². The first-order valence-corrected chi connectivity index (χ1v) is 12.9. The third kappa shape index (κ3) is 5.41. The summed E-state index contributed by atoms with van der Waals surface area (Å²) in [5, 5.41) is 72.0. The first-order valence-electron chi connectivity index (χ1n) is 12.9. The Labute approximate surface area is 230 Å². The molecule has 7 atom stereocenters. The van der Waals surface area contributed by atoms with Gasteiger partial charge in [0.2, 0.25) is 0 Å². The molecule has 1 aliphatic heterocycles. The van der Waals surface area contributed by atoms with Gasteiger partial charge in [0.1, 0.15) is 37.1 Å². The zero-order chi connectivity index (χ0) is 30.5. The second kappa shape index (κ2) is 10.9. The molecule has 2 aliphatic rings. The van der Waals surface area contributed by atoms with Gasteiger partial charge in [-0.15, -0.1) is 0 Å². The predicted octanol–water partition coefficient (Wildman–Crippen LogP) is 0.134. The molecule has 40 heavy (non-hydrogen) atoms. The van der Waals surface area contributed by atoms with Gasteiger partial charge in [0.25, 0.3) is 0 Å². The van der Waals surface area contributed by atoms with Crippen molar-refractivity contribution in [3.8, 4) is 17.2 Å². The van der Waals surface area contributed by atoms with Gasteiger partial charge in [-0.05, 0) is 38.3 Å². The van der Waals surface area contributed by atoms with E-state index < -0.39 is 94.6 Å². The van der Waals surface area contributed by atoms with E-state index in [1.54, 1.807) is 13.8 Å². The number of rotatable bonds is 7. The highest BCUT2D eigenvalue weighted by molar-refractivity contribution is 6.14. The Hall–Kier alpha value is -2.81. The lowest BCUT2D eigenvalue weighted by Crippen LogP contribution is -2.72. The van der Waals surface area contributed by atoms with Crippen molar-refractivity contribution in [1.29, 1.82) is 0 Å². The number of ether oxygens (including phenoxy) is 3. The summed E-state index contributed by atoms with van der Waals surface area (Å²) in [7, 11) is 0. The molecule has 0 amide bonds. The second-order valence-electron chi connectivity index (χ2n) is 12.0. The molecular formula is C27H38O13. The van der Waals surface area contributed by atoms with E-state index in [0.717, 1.165) is 12.1 Å². The molecule has 1 aromatic carbocycles. The minimum atomic E-state index is -2.18. The monoisotopic (exact) mass is 570 g/mol. The van der Waals surface area contributed by atoms with Crippen molar-refractivity contribution in [2.45, 2.75) is 90.4 Å². The van der Waals surface area contributed by atoms with Crippen LogP contribution in [0.25, 0.3) is 0 Å². The minimum Gasteiger partial charge on any atom is -0.504 e. The molecule has 0 bridgehead atoms. The molecule has 7 N–H and O–H groups in total. The van der Waals surface area contributed by atoms with Crippen LogP contribution in [0.4, 0.5) is 0 Å². The van der Waals surface area contributed by atoms with Crippen molar-refractivity contribution >= 4 is 17.5 Å². The molecule has 3 rings (SSSR count). The lowest BCUT2D eigenvalue weighted by molar-refractivity contribution is -0.332. The van der Waals surface area contributed by atoms with Crippen LogP contribution in [-0.2, 0) is 23.8 Å². The smallest absolute Gasteiger partial charge is 0.338 e. The van der Waals surface area contributed by atoms with Crippen molar-refractivity contribution in [1.82, 2.24) is 0 Å². The predicted molar refractivity (Wildman–Crippen MR) is 135 cm³/mol. The number of carbonyl (C=O) groups excluding carboxylic acids is 3. The Morgan fingerprint density at radius 2 is 1.50 bits per heavy atom. The fourth-order valence-corrected chi connectivity index (χ4v) is 5.65. The van der Waals surface area contributed by atoms with Crippen LogP contribution in [0, 0.1) is 16.7 Å². The molecular weight excluding hydrogens is 532 g/mol. The van der Waals surface area contributed by atoms with Crippen LogP contribution in [0.3, 0.4) is 0 Å². The molecule has 0 unspecified atom stereocenters. The molecule has 1 heterocycles. The van der Waals surface area contributed by atoms with Crippen LogP contribution in [0.1, 0.15) is 58.3 Å². The average molecular weight is 571 g/mol. The highest BCUT2D eigenvalue weighted by Crippen LogP contribution is 2.49. The largest absolute Gasteiger partial charge is 0.504 e. The van der Waals surface area contributed by atoms with Crippen molar-refractivity contribution in [2.24, 2.45) is 16.7 Å². The summed E-state index contributed by atoms with van der Waals surface area (Å²) in [6.07, 6.45) is -10.4. The van der Waals surface area contributed by atoms with E-state index in [1.165, 1.54) is 27.7 Å². The molecule has 1 saturated carbocycles. The molecule has 13 heteroatoms. The van der Waals surface area contributed by atoms with Crippen LogP contribution in [0.15, 0.2) is 12.1 Å². The molecule has 224 valence electrons. The highest BCUT2D eigenvalue weighted by atomic mass is 16.7. The molecule has 0 spiro atoms. The normalized spacial score (nSPS) is 33.7. The number of aliphatic hydroxyl groups is 4. The first-order chi connectivity index (χ1) is 18.3. The Morgan fingerprint density at radius 3 is 2.02 bits per heavy atom. The number of hydrogen-bond donors (Lipinski definition) is 7. The number of benzene rings is 1. The van der Waals surface area contributed by atoms with Crippen molar-refractivity contribution < 1.29 is 64.3 Å². The molecule has 0 aromatic heterocycles. The third-order valence-electron chi connectivity index (χ3n) is 7.55. The highest BCUT2D eigenvalue weighted by Gasteiger charge is 2.67. The Balaban J connectivity index is 1.87. The number of ketones is 2. The van der Waals surface area contributed by atoms with E-state index in [9.17, 15) is 50.1 Å². The number of esters is 1. The van der Waals surface area contributed by atoms with Crippen LogP contribution in [0.5, 0.6) is 17.2 Å². The topological polar surface area (TPSA) is 221 Å². The Kier molecular flexibility index (Phi) is 8.62. The van der Waals surface area contributed by atoms with Crippen molar-refractivity contribution in [3.05, 3.63) is 17.7 Å². The fourth-order valence-electron chi connectivity index (χ4n) is 5.65. The van der Waals surface area contributed by atoms with E-state index in [2.05, 4.69) is 0 Å². The number of carbonyl (C=O) groups is 3. The summed E-state index contributed by atoms with van der Waals surface area (Å²) in [6, 6.07) is 1.66. The van der Waals surface area contributed by atoms with Gasteiger partial charge in [-0.25, -0.2) is 4.79 Å². The van der Waals surface area contributed by atoms with Crippen LogP contribution in [0.2, 0.25) is 0 Å². The SMILES string of the molecule is CC(C)C[C@]1(O)C(=O)C(C)(C)C(=O)C(C)(C)[C@@H]1O[C@H]1O[C@H](COC(=O)c2cc(O)c(O)c(O)c2)[C@@H](O)[C@H](O)[C@H]1O. The van der Waals surface area contributed by atoms with Gasteiger partial charge in [0.05, 0.1) is 16.4 Å². The number of aromatic hydroxyl groups is 3. The van der Waals surface area contributed by atoms with Gasteiger partial charge in [-0.2, -0.15) is 0 Å². The zero-order valence-electron chi connectivity index (χ0n) is 23.2. The number of hydrogen-bond acceptors (Lipinski definition) is 13. The fraction of sp³-hybridized carbons (Fsp3) is 0.667.